The molecule has 0 N–H and O–H groups in total. The van der Waals surface area contributed by atoms with Crippen LogP contribution in [-0.2, 0) is 4.74 Å². The topological polar surface area (TPSA) is 35.5 Å². The Morgan fingerprint density at radius 3 is 2.44 bits per heavy atom. The fourth-order valence-corrected chi connectivity index (χ4v) is 2.59. The highest BCUT2D eigenvalue weighted by Gasteiger charge is 2.14. The molecule has 0 fully saturated rings. The smallest absolute Gasteiger partial charge is 0.337 e. The van der Waals surface area contributed by atoms with Gasteiger partial charge in [0.05, 0.1) is 12.7 Å². The molecular formula is C21H23FO3. The second-order valence-electron chi connectivity index (χ2n) is 6.10. The van der Waals surface area contributed by atoms with E-state index in [1.54, 1.807) is 0 Å². The van der Waals surface area contributed by atoms with E-state index >= 15 is 0 Å². The second kappa shape index (κ2) is 8.47. The molecule has 25 heavy (non-hydrogen) atoms. The molecule has 0 aliphatic heterocycles. The predicted molar refractivity (Wildman–Crippen MR) is 96.6 cm³/mol. The van der Waals surface area contributed by atoms with E-state index < -0.39 is 11.8 Å². The van der Waals surface area contributed by atoms with E-state index in [1.807, 2.05) is 30.3 Å². The fourth-order valence-electron chi connectivity index (χ4n) is 2.59. The van der Waals surface area contributed by atoms with Crippen molar-refractivity contribution >= 4 is 5.97 Å². The molecule has 0 bridgehead atoms. The number of ether oxygens (including phenoxy) is 2. The van der Waals surface area contributed by atoms with Crippen LogP contribution < -0.4 is 4.74 Å². The molecule has 0 aromatic heterocycles. The Kier molecular flexibility index (Phi) is 6.34. The summed E-state index contributed by atoms with van der Waals surface area (Å²) in [4.78, 5) is 11.4. The van der Waals surface area contributed by atoms with Crippen molar-refractivity contribution < 1.29 is 18.7 Å². The minimum absolute atomic E-state index is 0.0634. The highest BCUT2D eigenvalue weighted by molar-refractivity contribution is 5.89. The Hall–Kier alpha value is -2.62. The third-order valence-electron chi connectivity index (χ3n) is 4.38. The standard InChI is InChI=1S/C21H23FO3/c1-5-6-14(2)15(3)16-7-10-18(11-8-16)25-20-12-9-17(13-19(20)22)21(23)24-4/h5,7-15H,1,6H2,2-4H3. The van der Waals surface area contributed by atoms with Gasteiger partial charge in [-0.15, -0.1) is 6.58 Å². The van der Waals surface area contributed by atoms with Crippen molar-refractivity contribution in [3.63, 3.8) is 0 Å². The zero-order valence-corrected chi connectivity index (χ0v) is 14.8. The molecule has 2 unspecified atom stereocenters. The van der Waals surface area contributed by atoms with Gasteiger partial charge in [-0.05, 0) is 54.2 Å². The van der Waals surface area contributed by atoms with Crippen LogP contribution in [0.5, 0.6) is 11.5 Å². The summed E-state index contributed by atoms with van der Waals surface area (Å²) >= 11 is 0. The molecule has 2 aromatic carbocycles. The quantitative estimate of drug-likeness (QED) is 0.477. The Morgan fingerprint density at radius 1 is 1.20 bits per heavy atom. The van der Waals surface area contributed by atoms with Gasteiger partial charge in [0.15, 0.2) is 11.6 Å². The summed E-state index contributed by atoms with van der Waals surface area (Å²) in [6, 6.07) is 11.6. The van der Waals surface area contributed by atoms with E-state index in [0.29, 0.717) is 17.6 Å². The summed E-state index contributed by atoms with van der Waals surface area (Å²) in [7, 11) is 1.25. The number of esters is 1. The first kappa shape index (κ1) is 18.7. The Morgan fingerprint density at radius 2 is 1.88 bits per heavy atom. The molecule has 0 heterocycles. The lowest BCUT2D eigenvalue weighted by molar-refractivity contribution is 0.0600. The van der Waals surface area contributed by atoms with Crippen molar-refractivity contribution in [3.8, 4) is 11.5 Å². The highest BCUT2D eigenvalue weighted by atomic mass is 19.1. The predicted octanol–water partition coefficient (Wildman–Crippen LogP) is 5.72. The van der Waals surface area contributed by atoms with Gasteiger partial charge in [0.2, 0.25) is 0 Å². The maximum absolute atomic E-state index is 14.1. The normalized spacial score (nSPS) is 13.0. The molecule has 0 spiro atoms. The van der Waals surface area contributed by atoms with Crippen LogP contribution in [0.3, 0.4) is 0 Å². The molecule has 0 saturated carbocycles. The molecule has 2 aromatic rings. The van der Waals surface area contributed by atoms with E-state index in [0.717, 1.165) is 12.5 Å². The molecule has 0 aliphatic carbocycles. The van der Waals surface area contributed by atoms with Crippen LogP contribution in [0.15, 0.2) is 55.1 Å². The summed E-state index contributed by atoms with van der Waals surface area (Å²) in [6.45, 7) is 8.15. The van der Waals surface area contributed by atoms with Gasteiger partial charge in [-0.1, -0.05) is 32.1 Å². The molecule has 2 rings (SSSR count). The lowest BCUT2D eigenvalue weighted by Gasteiger charge is -2.19. The lowest BCUT2D eigenvalue weighted by Crippen LogP contribution is -2.05. The Bertz CT molecular complexity index is 737. The van der Waals surface area contributed by atoms with E-state index in [-0.39, 0.29) is 11.3 Å². The first-order valence-electron chi connectivity index (χ1n) is 8.22. The van der Waals surface area contributed by atoms with E-state index in [4.69, 9.17) is 4.74 Å². The molecule has 2 atom stereocenters. The third kappa shape index (κ3) is 4.69. The molecule has 3 nitrogen and oxygen atoms in total. The molecule has 0 radical (unpaired) electrons. The van der Waals surface area contributed by atoms with Crippen LogP contribution in [0.4, 0.5) is 4.39 Å². The molecule has 0 aliphatic rings. The largest absolute Gasteiger partial charge is 0.465 e. The number of carbonyl (C=O) groups excluding carboxylic acids is 1. The number of carbonyl (C=O) groups is 1. The van der Waals surface area contributed by atoms with Gasteiger partial charge in [-0.25, -0.2) is 9.18 Å². The van der Waals surface area contributed by atoms with Gasteiger partial charge >= 0.3 is 5.97 Å². The fraction of sp³-hybridized carbons (Fsp3) is 0.286. The molecular weight excluding hydrogens is 319 g/mol. The van der Waals surface area contributed by atoms with Gasteiger partial charge < -0.3 is 9.47 Å². The number of methoxy groups -OCH3 is 1. The third-order valence-corrected chi connectivity index (χ3v) is 4.38. The summed E-state index contributed by atoms with van der Waals surface area (Å²) < 4.78 is 24.2. The van der Waals surface area contributed by atoms with Crippen molar-refractivity contribution in [2.45, 2.75) is 26.2 Å². The summed E-state index contributed by atoms with van der Waals surface area (Å²) in [5.74, 6) is 0.290. The first-order chi connectivity index (χ1) is 12.0. The molecule has 0 amide bonds. The number of benzene rings is 2. The summed E-state index contributed by atoms with van der Waals surface area (Å²) in [5, 5.41) is 0. The van der Waals surface area contributed by atoms with Gasteiger partial charge in [-0.2, -0.15) is 0 Å². The maximum Gasteiger partial charge on any atom is 0.337 e. The van der Waals surface area contributed by atoms with Crippen molar-refractivity contribution in [3.05, 3.63) is 72.1 Å². The van der Waals surface area contributed by atoms with Gasteiger partial charge in [-0.3, -0.25) is 0 Å². The van der Waals surface area contributed by atoms with Gasteiger partial charge in [0, 0.05) is 0 Å². The monoisotopic (exact) mass is 342 g/mol. The average molecular weight is 342 g/mol. The maximum atomic E-state index is 14.1. The van der Waals surface area contributed by atoms with Crippen LogP contribution in [0.2, 0.25) is 0 Å². The van der Waals surface area contributed by atoms with E-state index in [2.05, 4.69) is 25.2 Å². The van der Waals surface area contributed by atoms with Crippen molar-refractivity contribution in [1.29, 1.82) is 0 Å². The zero-order chi connectivity index (χ0) is 18.4. The van der Waals surface area contributed by atoms with Gasteiger partial charge in [0.1, 0.15) is 5.75 Å². The van der Waals surface area contributed by atoms with Crippen LogP contribution >= 0.6 is 0 Å². The van der Waals surface area contributed by atoms with E-state index in [9.17, 15) is 9.18 Å². The number of hydrogen-bond donors (Lipinski definition) is 0. The molecule has 0 saturated heterocycles. The zero-order valence-electron chi connectivity index (χ0n) is 14.8. The van der Waals surface area contributed by atoms with E-state index in [1.165, 1.54) is 24.8 Å². The van der Waals surface area contributed by atoms with Crippen molar-refractivity contribution in [2.75, 3.05) is 7.11 Å². The van der Waals surface area contributed by atoms with Crippen LogP contribution in [0, 0.1) is 11.7 Å². The molecule has 4 heteroatoms. The number of allylic oxidation sites excluding steroid dienone is 1. The SMILES string of the molecule is C=CCC(C)C(C)c1ccc(Oc2ccc(C(=O)OC)cc2F)cc1. The Balaban J connectivity index is 2.11. The number of rotatable bonds is 7. The minimum atomic E-state index is -0.611. The number of halogens is 1. The molecule has 132 valence electrons. The van der Waals surface area contributed by atoms with Crippen LogP contribution in [0.25, 0.3) is 0 Å². The summed E-state index contributed by atoms with van der Waals surface area (Å²) in [6.07, 6.45) is 2.89. The lowest BCUT2D eigenvalue weighted by atomic mass is 9.87. The average Bonchev–Trinajstić information content (AvgIpc) is 2.63. The van der Waals surface area contributed by atoms with Crippen LogP contribution in [0.1, 0.15) is 42.1 Å². The first-order valence-corrected chi connectivity index (χ1v) is 8.22. The van der Waals surface area contributed by atoms with Gasteiger partial charge in [0.25, 0.3) is 0 Å². The van der Waals surface area contributed by atoms with Crippen molar-refractivity contribution in [2.24, 2.45) is 5.92 Å². The second-order valence-corrected chi connectivity index (χ2v) is 6.10. The highest BCUT2D eigenvalue weighted by Crippen LogP contribution is 2.30. The van der Waals surface area contributed by atoms with Crippen molar-refractivity contribution in [1.82, 2.24) is 0 Å². The Labute approximate surface area is 148 Å². The minimum Gasteiger partial charge on any atom is -0.465 e. The number of hydrogen-bond acceptors (Lipinski definition) is 3. The van der Waals surface area contributed by atoms with Crippen LogP contribution in [-0.4, -0.2) is 13.1 Å². The summed E-state index contributed by atoms with van der Waals surface area (Å²) in [5.41, 5.74) is 1.34.